The van der Waals surface area contributed by atoms with Crippen molar-refractivity contribution < 1.29 is 19.4 Å². The van der Waals surface area contributed by atoms with E-state index in [1.807, 2.05) is 11.8 Å². The Hall–Kier alpha value is -1.88. The van der Waals surface area contributed by atoms with E-state index in [-0.39, 0.29) is 5.78 Å². The van der Waals surface area contributed by atoms with Crippen molar-refractivity contribution in [2.45, 2.75) is 33.2 Å². The van der Waals surface area contributed by atoms with Crippen LogP contribution in [0, 0.1) is 0 Å². The van der Waals surface area contributed by atoms with Crippen LogP contribution in [-0.2, 0) is 4.79 Å². The van der Waals surface area contributed by atoms with Crippen molar-refractivity contribution in [2.24, 2.45) is 0 Å². The molecule has 0 spiro atoms. The van der Waals surface area contributed by atoms with E-state index in [0.29, 0.717) is 31.0 Å². The van der Waals surface area contributed by atoms with E-state index in [1.165, 1.54) is 6.92 Å². The standard InChI is InChI=1S/C16H23NO4/c1-5-17(16(3,4)15(19)20)10-11-21-14-9-7-6-8-13(14)12(2)18/h6-9H,5,10-11H2,1-4H3,(H,19,20). The number of hydrogen-bond acceptors (Lipinski definition) is 4. The van der Waals surface area contributed by atoms with Gasteiger partial charge in [-0.2, -0.15) is 0 Å². The summed E-state index contributed by atoms with van der Waals surface area (Å²) in [6, 6.07) is 7.06. The zero-order valence-corrected chi connectivity index (χ0v) is 13.0. The lowest BCUT2D eigenvalue weighted by atomic mass is 10.0. The van der Waals surface area contributed by atoms with Crippen LogP contribution in [0.1, 0.15) is 38.1 Å². The second-order valence-corrected chi connectivity index (χ2v) is 5.34. The third-order valence-electron chi connectivity index (χ3n) is 3.58. The SMILES string of the molecule is CCN(CCOc1ccccc1C(C)=O)C(C)(C)C(=O)O. The number of ether oxygens (including phenoxy) is 1. The molecule has 21 heavy (non-hydrogen) atoms. The van der Waals surface area contributed by atoms with E-state index in [2.05, 4.69) is 0 Å². The molecule has 0 amide bonds. The number of benzene rings is 1. The molecule has 0 aliphatic rings. The van der Waals surface area contributed by atoms with Gasteiger partial charge in [0.15, 0.2) is 5.78 Å². The summed E-state index contributed by atoms with van der Waals surface area (Å²) >= 11 is 0. The minimum atomic E-state index is -0.946. The highest BCUT2D eigenvalue weighted by Crippen LogP contribution is 2.19. The van der Waals surface area contributed by atoms with E-state index in [9.17, 15) is 14.7 Å². The number of ketones is 1. The highest BCUT2D eigenvalue weighted by molar-refractivity contribution is 5.96. The molecule has 0 saturated carbocycles. The fraction of sp³-hybridized carbons (Fsp3) is 0.500. The Labute approximate surface area is 125 Å². The number of carbonyl (C=O) groups is 2. The minimum absolute atomic E-state index is 0.0520. The van der Waals surface area contributed by atoms with Crippen LogP contribution in [0.25, 0.3) is 0 Å². The number of rotatable bonds is 8. The Bertz CT molecular complexity index is 511. The highest BCUT2D eigenvalue weighted by Gasteiger charge is 2.33. The summed E-state index contributed by atoms with van der Waals surface area (Å²) in [6.45, 7) is 8.15. The molecule has 5 heteroatoms. The molecule has 1 N–H and O–H groups in total. The largest absolute Gasteiger partial charge is 0.491 e. The van der Waals surface area contributed by atoms with Gasteiger partial charge in [-0.25, -0.2) is 0 Å². The van der Waals surface area contributed by atoms with E-state index in [4.69, 9.17) is 4.74 Å². The first kappa shape index (κ1) is 17.2. The van der Waals surface area contributed by atoms with Crippen molar-refractivity contribution in [3.05, 3.63) is 29.8 Å². The van der Waals surface area contributed by atoms with Crippen LogP contribution in [0.15, 0.2) is 24.3 Å². The Morgan fingerprint density at radius 3 is 2.43 bits per heavy atom. The van der Waals surface area contributed by atoms with Gasteiger partial charge in [0.2, 0.25) is 0 Å². The van der Waals surface area contributed by atoms with Crippen molar-refractivity contribution in [1.82, 2.24) is 4.90 Å². The molecule has 0 aromatic heterocycles. The van der Waals surface area contributed by atoms with Crippen LogP contribution in [0.2, 0.25) is 0 Å². The zero-order chi connectivity index (χ0) is 16.0. The van der Waals surface area contributed by atoms with Gasteiger partial charge in [-0.15, -0.1) is 0 Å². The molecular weight excluding hydrogens is 270 g/mol. The number of carboxylic acid groups (broad SMARTS) is 1. The highest BCUT2D eigenvalue weighted by atomic mass is 16.5. The predicted octanol–water partition coefficient (Wildman–Crippen LogP) is 2.45. The summed E-state index contributed by atoms with van der Waals surface area (Å²) in [5, 5.41) is 9.25. The van der Waals surface area contributed by atoms with E-state index >= 15 is 0 Å². The van der Waals surface area contributed by atoms with Crippen molar-refractivity contribution in [1.29, 1.82) is 0 Å². The van der Waals surface area contributed by atoms with Gasteiger partial charge in [0, 0.05) is 6.54 Å². The van der Waals surface area contributed by atoms with Crippen molar-refractivity contribution in [3.63, 3.8) is 0 Å². The average molecular weight is 293 g/mol. The monoisotopic (exact) mass is 293 g/mol. The summed E-state index contributed by atoms with van der Waals surface area (Å²) in [4.78, 5) is 24.6. The number of likely N-dealkylation sites (N-methyl/N-ethyl adjacent to an activating group) is 1. The quantitative estimate of drug-likeness (QED) is 0.746. The lowest BCUT2D eigenvalue weighted by molar-refractivity contribution is -0.149. The third-order valence-corrected chi connectivity index (χ3v) is 3.58. The molecule has 0 bridgehead atoms. The number of nitrogens with zero attached hydrogens (tertiary/aromatic N) is 1. The van der Waals surface area contributed by atoms with E-state index < -0.39 is 11.5 Å². The molecule has 0 atom stereocenters. The van der Waals surface area contributed by atoms with Crippen molar-refractivity contribution in [2.75, 3.05) is 19.7 Å². The van der Waals surface area contributed by atoms with Gasteiger partial charge in [-0.3, -0.25) is 14.5 Å². The number of hydrogen-bond donors (Lipinski definition) is 1. The first-order valence-corrected chi connectivity index (χ1v) is 7.02. The van der Waals surface area contributed by atoms with Gasteiger partial charge in [-0.05, 0) is 39.4 Å². The average Bonchev–Trinajstić information content (AvgIpc) is 2.43. The maximum atomic E-state index is 11.5. The number of Topliss-reactive ketones (excluding diaryl/α,β-unsaturated/α-hetero) is 1. The predicted molar refractivity (Wildman–Crippen MR) is 80.9 cm³/mol. The maximum absolute atomic E-state index is 11.5. The molecule has 1 aromatic rings. The minimum Gasteiger partial charge on any atom is -0.491 e. The molecule has 116 valence electrons. The second-order valence-electron chi connectivity index (χ2n) is 5.34. The van der Waals surface area contributed by atoms with Crippen LogP contribution in [0.3, 0.4) is 0 Å². The van der Waals surface area contributed by atoms with Crippen LogP contribution >= 0.6 is 0 Å². The van der Waals surface area contributed by atoms with Crippen LogP contribution in [-0.4, -0.2) is 47.0 Å². The third kappa shape index (κ3) is 4.29. The number of carbonyl (C=O) groups excluding carboxylic acids is 1. The molecule has 0 aliphatic heterocycles. The molecule has 1 rings (SSSR count). The van der Waals surface area contributed by atoms with Crippen molar-refractivity contribution in [3.8, 4) is 5.75 Å². The fourth-order valence-electron chi connectivity index (χ4n) is 2.12. The molecule has 0 saturated heterocycles. The zero-order valence-electron chi connectivity index (χ0n) is 13.0. The Morgan fingerprint density at radius 2 is 1.90 bits per heavy atom. The van der Waals surface area contributed by atoms with Gasteiger partial charge < -0.3 is 9.84 Å². The summed E-state index contributed by atoms with van der Waals surface area (Å²) in [7, 11) is 0. The summed E-state index contributed by atoms with van der Waals surface area (Å²) in [5.74, 6) is -0.383. The smallest absolute Gasteiger partial charge is 0.323 e. The number of para-hydroxylation sites is 1. The first-order valence-electron chi connectivity index (χ1n) is 7.02. The van der Waals surface area contributed by atoms with Gasteiger partial charge in [0.1, 0.15) is 17.9 Å². The van der Waals surface area contributed by atoms with Crippen LogP contribution < -0.4 is 4.74 Å². The van der Waals surface area contributed by atoms with Gasteiger partial charge >= 0.3 is 5.97 Å². The molecule has 0 aliphatic carbocycles. The second kappa shape index (κ2) is 7.22. The first-order chi connectivity index (χ1) is 9.80. The van der Waals surface area contributed by atoms with Crippen molar-refractivity contribution >= 4 is 11.8 Å². The van der Waals surface area contributed by atoms with E-state index in [0.717, 1.165) is 0 Å². The van der Waals surface area contributed by atoms with Crippen LogP contribution in [0.5, 0.6) is 5.75 Å². The summed E-state index contributed by atoms with van der Waals surface area (Å²) in [6.07, 6.45) is 0. The number of carboxylic acids is 1. The maximum Gasteiger partial charge on any atom is 0.323 e. The Morgan fingerprint density at radius 1 is 1.29 bits per heavy atom. The summed E-state index contributed by atoms with van der Waals surface area (Å²) in [5.41, 5.74) is -0.406. The van der Waals surface area contributed by atoms with Crippen LogP contribution in [0.4, 0.5) is 0 Å². The molecule has 0 unspecified atom stereocenters. The Kier molecular flexibility index (Phi) is 5.90. The molecule has 0 radical (unpaired) electrons. The molecule has 0 heterocycles. The lowest BCUT2D eigenvalue weighted by Crippen LogP contribution is -2.51. The molecule has 1 aromatic carbocycles. The fourth-order valence-corrected chi connectivity index (χ4v) is 2.12. The van der Waals surface area contributed by atoms with Gasteiger partial charge in [-0.1, -0.05) is 19.1 Å². The topological polar surface area (TPSA) is 66.8 Å². The van der Waals surface area contributed by atoms with Gasteiger partial charge in [0.05, 0.1) is 5.56 Å². The molecule has 5 nitrogen and oxygen atoms in total. The molecular formula is C16H23NO4. The van der Waals surface area contributed by atoms with E-state index in [1.54, 1.807) is 38.1 Å². The van der Waals surface area contributed by atoms with Gasteiger partial charge in [0.25, 0.3) is 0 Å². The Balaban J connectivity index is 2.68. The summed E-state index contributed by atoms with van der Waals surface area (Å²) < 4.78 is 5.65. The number of aliphatic carboxylic acids is 1. The molecule has 0 fully saturated rings. The normalized spacial score (nSPS) is 11.5. The lowest BCUT2D eigenvalue weighted by Gasteiger charge is -2.33.